The highest BCUT2D eigenvalue weighted by Crippen LogP contribution is 2.30. The minimum atomic E-state index is -0.188. The summed E-state index contributed by atoms with van der Waals surface area (Å²) in [5.74, 6) is 1.21. The molecule has 4 aromatic rings. The van der Waals surface area contributed by atoms with Crippen molar-refractivity contribution in [2.75, 3.05) is 0 Å². The van der Waals surface area contributed by atoms with Gasteiger partial charge in [-0.25, -0.2) is 0 Å². The monoisotopic (exact) mass is 314 g/mol. The number of rotatable bonds is 3. The molecule has 0 spiro atoms. The van der Waals surface area contributed by atoms with Gasteiger partial charge in [0, 0.05) is 29.4 Å². The predicted molar refractivity (Wildman–Crippen MR) is 94.3 cm³/mol. The van der Waals surface area contributed by atoms with Crippen LogP contribution in [0.4, 0.5) is 0 Å². The molecule has 0 fully saturated rings. The number of ether oxygens (including phenoxy) is 1. The molecule has 0 bridgehead atoms. The summed E-state index contributed by atoms with van der Waals surface area (Å²) < 4.78 is 5.99. The molecule has 2 aromatic carbocycles. The van der Waals surface area contributed by atoms with Crippen LogP contribution in [-0.2, 0) is 0 Å². The van der Waals surface area contributed by atoms with Crippen LogP contribution in [0.2, 0.25) is 0 Å². The molecule has 0 aliphatic carbocycles. The number of pyridine rings is 2. The number of aromatic amines is 1. The molecule has 0 amide bonds. The maximum Gasteiger partial charge on any atom is 0.252 e. The van der Waals surface area contributed by atoms with Gasteiger partial charge < -0.3 is 9.72 Å². The molecular formula is C20H14N2O2. The molecule has 0 saturated carbocycles. The summed E-state index contributed by atoms with van der Waals surface area (Å²) in [5.41, 5.74) is 2.59. The van der Waals surface area contributed by atoms with Crippen LogP contribution in [-0.4, -0.2) is 9.97 Å². The molecule has 0 unspecified atom stereocenters. The summed E-state index contributed by atoms with van der Waals surface area (Å²) in [4.78, 5) is 18.8. The van der Waals surface area contributed by atoms with Crippen molar-refractivity contribution in [3.63, 3.8) is 0 Å². The van der Waals surface area contributed by atoms with E-state index < -0.39 is 0 Å². The normalized spacial score (nSPS) is 10.7. The van der Waals surface area contributed by atoms with Crippen molar-refractivity contribution in [1.29, 1.82) is 0 Å². The summed E-state index contributed by atoms with van der Waals surface area (Å²) in [7, 11) is 0. The van der Waals surface area contributed by atoms with Gasteiger partial charge in [0.25, 0.3) is 5.56 Å². The molecular weight excluding hydrogens is 300 g/mol. The Hall–Kier alpha value is -3.40. The predicted octanol–water partition coefficient (Wildman–Crippen LogP) is 4.38. The van der Waals surface area contributed by atoms with E-state index in [1.165, 1.54) is 6.07 Å². The number of nitrogens with zero attached hydrogens (tertiary/aromatic N) is 1. The van der Waals surface area contributed by atoms with Crippen LogP contribution >= 0.6 is 0 Å². The highest BCUT2D eigenvalue weighted by Gasteiger charge is 2.06. The molecule has 2 aromatic heterocycles. The van der Waals surface area contributed by atoms with Gasteiger partial charge >= 0.3 is 0 Å². The molecule has 0 aliphatic heterocycles. The minimum Gasteiger partial charge on any atom is -0.456 e. The molecule has 24 heavy (non-hydrogen) atoms. The van der Waals surface area contributed by atoms with Gasteiger partial charge in [-0.15, -0.1) is 0 Å². The van der Waals surface area contributed by atoms with Gasteiger partial charge in [0.15, 0.2) is 0 Å². The fraction of sp³-hybridized carbons (Fsp3) is 0. The number of aromatic nitrogens is 2. The average Bonchev–Trinajstić information content (AvgIpc) is 2.62. The molecule has 0 radical (unpaired) electrons. The first-order valence-corrected chi connectivity index (χ1v) is 7.60. The number of benzene rings is 2. The van der Waals surface area contributed by atoms with Gasteiger partial charge in [-0.3, -0.25) is 9.78 Å². The van der Waals surface area contributed by atoms with Crippen molar-refractivity contribution in [2.24, 2.45) is 0 Å². The lowest BCUT2D eigenvalue weighted by Crippen LogP contribution is -2.04. The van der Waals surface area contributed by atoms with E-state index >= 15 is 0 Å². The average molecular weight is 314 g/mol. The Bertz CT molecular complexity index is 1060. The van der Waals surface area contributed by atoms with Gasteiger partial charge in [0.1, 0.15) is 11.5 Å². The van der Waals surface area contributed by atoms with Crippen molar-refractivity contribution < 1.29 is 4.74 Å². The van der Waals surface area contributed by atoms with Crippen LogP contribution in [0, 0.1) is 0 Å². The fourth-order valence-corrected chi connectivity index (χ4v) is 2.66. The van der Waals surface area contributed by atoms with Gasteiger partial charge in [0.2, 0.25) is 0 Å². The Balaban J connectivity index is 1.76. The summed E-state index contributed by atoms with van der Waals surface area (Å²) in [5, 5.41) is 0.865. The fourth-order valence-electron chi connectivity index (χ4n) is 2.66. The van der Waals surface area contributed by atoms with E-state index in [0.29, 0.717) is 11.5 Å². The zero-order chi connectivity index (χ0) is 16.4. The Morgan fingerprint density at radius 1 is 0.875 bits per heavy atom. The SMILES string of the molecule is O=c1cc(Oc2cccc(-c3cccnc3)c2)c2ccccc2[nH]1. The summed E-state index contributed by atoms with van der Waals surface area (Å²) in [6, 6.07) is 20.7. The number of hydrogen-bond donors (Lipinski definition) is 1. The third-order valence-electron chi connectivity index (χ3n) is 3.77. The Labute approximate surface area is 138 Å². The molecule has 0 atom stereocenters. The summed E-state index contributed by atoms with van der Waals surface area (Å²) >= 11 is 0. The van der Waals surface area contributed by atoms with E-state index in [4.69, 9.17) is 4.74 Å². The number of para-hydroxylation sites is 1. The smallest absolute Gasteiger partial charge is 0.252 e. The summed E-state index contributed by atoms with van der Waals surface area (Å²) in [6.07, 6.45) is 3.55. The second-order valence-electron chi connectivity index (χ2n) is 5.42. The van der Waals surface area contributed by atoms with Crippen molar-refractivity contribution in [1.82, 2.24) is 9.97 Å². The quantitative estimate of drug-likeness (QED) is 0.610. The van der Waals surface area contributed by atoms with Crippen molar-refractivity contribution >= 4 is 10.9 Å². The first kappa shape index (κ1) is 14.2. The highest BCUT2D eigenvalue weighted by atomic mass is 16.5. The number of fused-ring (bicyclic) bond motifs is 1. The lowest BCUT2D eigenvalue weighted by atomic mass is 10.1. The largest absolute Gasteiger partial charge is 0.456 e. The van der Waals surface area contributed by atoms with E-state index in [9.17, 15) is 4.79 Å². The molecule has 0 saturated heterocycles. The lowest BCUT2D eigenvalue weighted by Gasteiger charge is -2.10. The third kappa shape index (κ3) is 2.77. The van der Waals surface area contributed by atoms with Crippen molar-refractivity contribution in [2.45, 2.75) is 0 Å². The second-order valence-corrected chi connectivity index (χ2v) is 5.42. The number of nitrogens with one attached hydrogen (secondary N) is 1. The molecule has 116 valence electrons. The maximum absolute atomic E-state index is 11.8. The van der Waals surface area contributed by atoms with Crippen molar-refractivity contribution in [3.05, 3.63) is 89.5 Å². The lowest BCUT2D eigenvalue weighted by molar-refractivity contribution is 0.487. The van der Waals surface area contributed by atoms with Gasteiger partial charge in [0.05, 0.1) is 5.52 Å². The Kier molecular flexibility index (Phi) is 3.56. The molecule has 4 rings (SSSR count). The molecule has 4 nitrogen and oxygen atoms in total. The summed E-state index contributed by atoms with van der Waals surface area (Å²) in [6.45, 7) is 0. The van der Waals surface area contributed by atoms with E-state index in [1.807, 2.05) is 66.9 Å². The first-order valence-electron chi connectivity index (χ1n) is 7.60. The van der Waals surface area contributed by atoms with Crippen LogP contribution in [0.5, 0.6) is 11.5 Å². The van der Waals surface area contributed by atoms with Crippen LogP contribution in [0.3, 0.4) is 0 Å². The van der Waals surface area contributed by atoms with Crippen LogP contribution < -0.4 is 10.3 Å². The molecule has 4 heteroatoms. The number of H-pyrrole nitrogens is 1. The van der Waals surface area contributed by atoms with Gasteiger partial charge in [-0.05, 0) is 35.9 Å². The Morgan fingerprint density at radius 3 is 2.62 bits per heavy atom. The highest BCUT2D eigenvalue weighted by molar-refractivity contribution is 5.85. The number of hydrogen-bond acceptors (Lipinski definition) is 3. The maximum atomic E-state index is 11.8. The third-order valence-corrected chi connectivity index (χ3v) is 3.77. The molecule has 1 N–H and O–H groups in total. The Morgan fingerprint density at radius 2 is 1.75 bits per heavy atom. The van der Waals surface area contributed by atoms with Crippen LogP contribution in [0.1, 0.15) is 0 Å². The standard InChI is InChI=1S/C20H14N2O2/c23-20-12-19(17-8-1-2-9-18(17)22-20)24-16-7-3-5-14(11-16)15-6-4-10-21-13-15/h1-13H,(H,22,23). The topological polar surface area (TPSA) is 55.0 Å². The second kappa shape index (κ2) is 6.01. The zero-order valence-electron chi connectivity index (χ0n) is 12.8. The minimum absolute atomic E-state index is 0.188. The van der Waals surface area contributed by atoms with Crippen LogP contribution in [0.25, 0.3) is 22.0 Å². The van der Waals surface area contributed by atoms with Gasteiger partial charge in [-0.2, -0.15) is 0 Å². The van der Waals surface area contributed by atoms with E-state index in [1.54, 1.807) is 6.20 Å². The molecule has 2 heterocycles. The van der Waals surface area contributed by atoms with E-state index in [-0.39, 0.29) is 5.56 Å². The van der Waals surface area contributed by atoms with E-state index in [0.717, 1.165) is 22.0 Å². The molecule has 0 aliphatic rings. The first-order chi connectivity index (χ1) is 11.8. The zero-order valence-corrected chi connectivity index (χ0v) is 12.8. The van der Waals surface area contributed by atoms with E-state index in [2.05, 4.69) is 9.97 Å². The van der Waals surface area contributed by atoms with Crippen molar-refractivity contribution in [3.8, 4) is 22.6 Å². The van der Waals surface area contributed by atoms with Crippen LogP contribution in [0.15, 0.2) is 83.9 Å². The van der Waals surface area contributed by atoms with Gasteiger partial charge in [-0.1, -0.05) is 30.3 Å².